The van der Waals surface area contributed by atoms with Gasteiger partial charge in [0, 0.05) is 28.6 Å². The molecule has 134 valence electrons. The van der Waals surface area contributed by atoms with Crippen LogP contribution in [-0.2, 0) is 13.0 Å². The first-order valence-corrected chi connectivity index (χ1v) is 9.55. The fraction of sp³-hybridized carbons (Fsp3) is 0.350. The van der Waals surface area contributed by atoms with E-state index in [1.165, 1.54) is 0 Å². The predicted molar refractivity (Wildman–Crippen MR) is 107 cm³/mol. The number of nitriles is 1. The van der Waals surface area contributed by atoms with Gasteiger partial charge < -0.3 is 9.88 Å². The fourth-order valence-corrected chi connectivity index (χ4v) is 3.38. The fourth-order valence-electron chi connectivity index (χ4n) is 3.12. The molecule has 0 spiro atoms. The smallest absolute Gasteiger partial charge is 0.274 e. The second-order valence-corrected chi connectivity index (χ2v) is 7.70. The first-order valence-electron chi connectivity index (χ1n) is 8.76. The van der Waals surface area contributed by atoms with E-state index in [0.29, 0.717) is 28.6 Å². The first kappa shape index (κ1) is 18.4. The van der Waals surface area contributed by atoms with Crippen LogP contribution in [-0.4, -0.2) is 16.7 Å². The van der Waals surface area contributed by atoms with Gasteiger partial charge in [0.2, 0.25) is 0 Å². The molecule has 26 heavy (non-hydrogen) atoms. The Balaban J connectivity index is 1.99. The number of carbonyl (C=O) groups excluding carboxylic acids is 1. The van der Waals surface area contributed by atoms with E-state index < -0.39 is 0 Å². The summed E-state index contributed by atoms with van der Waals surface area (Å²) in [5, 5.41) is 12.6. The van der Waals surface area contributed by atoms with E-state index in [-0.39, 0.29) is 5.91 Å². The summed E-state index contributed by atoms with van der Waals surface area (Å²) in [5.41, 5.74) is 3.14. The highest BCUT2D eigenvalue weighted by molar-refractivity contribution is 9.10. The average Bonchev–Trinajstić information content (AvgIpc) is 3.16. The molecule has 1 N–H and O–H groups in total. The monoisotopic (exact) mass is 412 g/mol. The molecule has 0 unspecified atom stereocenters. The van der Waals surface area contributed by atoms with E-state index in [1.54, 1.807) is 0 Å². The van der Waals surface area contributed by atoms with Gasteiger partial charge in [0.1, 0.15) is 17.5 Å². The quantitative estimate of drug-likeness (QED) is 0.696. The minimum absolute atomic E-state index is 0.228. The van der Waals surface area contributed by atoms with Gasteiger partial charge >= 0.3 is 0 Å². The number of aliphatic imine (C=N–C) groups is 1. The number of anilines is 1. The van der Waals surface area contributed by atoms with Gasteiger partial charge in [-0.1, -0.05) is 29.8 Å². The lowest BCUT2D eigenvalue weighted by Gasteiger charge is -2.09. The predicted octanol–water partition coefficient (Wildman–Crippen LogP) is 5.07. The molecule has 1 aromatic heterocycles. The number of rotatable bonds is 5. The molecule has 0 saturated carbocycles. The molecule has 6 heteroatoms. The van der Waals surface area contributed by atoms with E-state index in [9.17, 15) is 10.1 Å². The highest BCUT2D eigenvalue weighted by Crippen LogP contribution is 2.35. The lowest BCUT2D eigenvalue weighted by Crippen LogP contribution is -2.16. The van der Waals surface area contributed by atoms with Gasteiger partial charge in [-0.05, 0) is 49.4 Å². The van der Waals surface area contributed by atoms with Crippen molar-refractivity contribution in [2.75, 3.05) is 5.32 Å². The molecule has 1 amide bonds. The molecule has 2 aromatic rings. The van der Waals surface area contributed by atoms with E-state index in [2.05, 4.69) is 46.2 Å². The minimum Gasteiger partial charge on any atom is -0.337 e. The van der Waals surface area contributed by atoms with Crippen LogP contribution in [0, 0.1) is 17.2 Å². The molecule has 0 aliphatic carbocycles. The maximum Gasteiger partial charge on any atom is 0.274 e. The number of aromatic nitrogens is 1. The van der Waals surface area contributed by atoms with Crippen molar-refractivity contribution in [3.63, 3.8) is 0 Å². The molecular formula is C20H21BrN4O. The van der Waals surface area contributed by atoms with Crippen molar-refractivity contribution in [2.24, 2.45) is 10.9 Å². The Morgan fingerprint density at radius 1 is 1.42 bits per heavy atom. The molecule has 1 aliphatic rings. The number of benzene rings is 1. The summed E-state index contributed by atoms with van der Waals surface area (Å²) in [6, 6.07) is 9.68. The van der Waals surface area contributed by atoms with Crippen molar-refractivity contribution in [3.8, 4) is 6.07 Å². The van der Waals surface area contributed by atoms with E-state index in [1.807, 2.05) is 35.0 Å². The number of carbonyl (C=O) groups is 1. The third-order valence-corrected chi connectivity index (χ3v) is 4.90. The molecule has 3 rings (SSSR count). The summed E-state index contributed by atoms with van der Waals surface area (Å²) < 4.78 is 2.90. The lowest BCUT2D eigenvalue weighted by molar-refractivity contribution is 0.101. The van der Waals surface area contributed by atoms with Crippen LogP contribution in [0.25, 0.3) is 0 Å². The largest absolute Gasteiger partial charge is 0.337 e. The number of nitrogens with one attached hydrogen (secondary N) is 1. The topological polar surface area (TPSA) is 70.2 Å². The molecule has 0 bridgehead atoms. The average molecular weight is 413 g/mol. The van der Waals surface area contributed by atoms with Crippen molar-refractivity contribution in [1.29, 1.82) is 5.26 Å². The number of amides is 1. The normalized spacial score (nSPS) is 13.2. The molecule has 0 saturated heterocycles. The van der Waals surface area contributed by atoms with E-state index in [0.717, 1.165) is 36.0 Å². The van der Waals surface area contributed by atoms with Gasteiger partial charge in [0.25, 0.3) is 5.91 Å². The molecule has 2 heterocycles. The van der Waals surface area contributed by atoms with Crippen LogP contribution in [0.15, 0.2) is 33.7 Å². The summed E-state index contributed by atoms with van der Waals surface area (Å²) >= 11 is 3.39. The third kappa shape index (κ3) is 3.73. The zero-order valence-electron chi connectivity index (χ0n) is 14.9. The molecule has 1 aliphatic heterocycles. The van der Waals surface area contributed by atoms with Gasteiger partial charge in [0.15, 0.2) is 0 Å². The highest BCUT2D eigenvalue weighted by atomic mass is 79.9. The summed E-state index contributed by atoms with van der Waals surface area (Å²) in [5.74, 6) is 0.243. The Morgan fingerprint density at radius 3 is 2.81 bits per heavy atom. The minimum atomic E-state index is -0.228. The van der Waals surface area contributed by atoms with Crippen LogP contribution < -0.4 is 5.32 Å². The summed E-state index contributed by atoms with van der Waals surface area (Å²) in [7, 11) is 0. The molecule has 1 aromatic carbocycles. The van der Waals surface area contributed by atoms with Crippen molar-refractivity contribution in [2.45, 2.75) is 39.7 Å². The van der Waals surface area contributed by atoms with Crippen molar-refractivity contribution in [3.05, 3.63) is 45.7 Å². The molecule has 0 atom stereocenters. The number of hydrogen-bond acceptors (Lipinski definition) is 3. The summed E-state index contributed by atoms with van der Waals surface area (Å²) in [6.07, 6.45) is 4.37. The van der Waals surface area contributed by atoms with Crippen molar-refractivity contribution in [1.82, 2.24) is 4.57 Å². The number of halogens is 1. The van der Waals surface area contributed by atoms with Crippen LogP contribution in [0.3, 0.4) is 0 Å². The van der Waals surface area contributed by atoms with Crippen LogP contribution in [0.1, 0.15) is 48.4 Å². The van der Waals surface area contributed by atoms with Crippen LogP contribution in [0.4, 0.5) is 11.4 Å². The van der Waals surface area contributed by atoms with Crippen LogP contribution >= 0.6 is 15.9 Å². The van der Waals surface area contributed by atoms with Crippen molar-refractivity contribution >= 4 is 39.4 Å². The van der Waals surface area contributed by atoms with E-state index >= 15 is 0 Å². The highest BCUT2D eigenvalue weighted by Gasteiger charge is 2.29. The second-order valence-electron chi connectivity index (χ2n) is 6.79. The maximum absolute atomic E-state index is 13.0. The van der Waals surface area contributed by atoms with Gasteiger partial charge in [-0.3, -0.25) is 9.79 Å². The van der Waals surface area contributed by atoms with Crippen LogP contribution in [0.5, 0.6) is 0 Å². The second kappa shape index (κ2) is 7.88. The molecule has 0 fully saturated rings. The Labute approximate surface area is 161 Å². The van der Waals surface area contributed by atoms with E-state index in [4.69, 9.17) is 0 Å². The number of fused-ring (bicyclic) bond motifs is 1. The van der Waals surface area contributed by atoms with Crippen molar-refractivity contribution < 1.29 is 4.79 Å². The van der Waals surface area contributed by atoms with Crippen LogP contribution in [0.2, 0.25) is 0 Å². The summed E-state index contributed by atoms with van der Waals surface area (Å²) in [4.78, 5) is 17.5. The SMILES string of the molecule is CC(C)CC=Nc1c(C#N)c2n(c1C(=O)Nc1ccc(Br)cc1)CCC2. The zero-order chi connectivity index (χ0) is 18.7. The van der Waals surface area contributed by atoms with Gasteiger partial charge in [-0.2, -0.15) is 5.26 Å². The first-order chi connectivity index (χ1) is 12.5. The van der Waals surface area contributed by atoms with Gasteiger partial charge in [0.05, 0.1) is 5.56 Å². The Kier molecular flexibility index (Phi) is 5.58. The third-order valence-electron chi connectivity index (χ3n) is 4.37. The number of nitrogens with zero attached hydrogens (tertiary/aromatic N) is 3. The Bertz CT molecular complexity index is 888. The molecule has 0 radical (unpaired) electrons. The zero-order valence-corrected chi connectivity index (χ0v) is 16.5. The molecular weight excluding hydrogens is 392 g/mol. The van der Waals surface area contributed by atoms with Gasteiger partial charge in [-0.15, -0.1) is 0 Å². The summed E-state index contributed by atoms with van der Waals surface area (Å²) in [6.45, 7) is 4.96. The Morgan fingerprint density at radius 2 is 2.15 bits per heavy atom. The molecule has 5 nitrogen and oxygen atoms in total. The van der Waals surface area contributed by atoms with Gasteiger partial charge in [-0.25, -0.2) is 0 Å². The standard InChI is InChI=1S/C20H21BrN4O/c1-13(2)9-10-23-18-16(12-22)17-4-3-11-25(17)19(18)20(26)24-15-7-5-14(21)6-8-15/h5-8,10,13H,3-4,9,11H2,1-2H3,(H,24,26). The number of hydrogen-bond donors (Lipinski definition) is 1. The maximum atomic E-state index is 13.0. The lowest BCUT2D eigenvalue weighted by atomic mass is 10.1. The Hall–Kier alpha value is -2.39.